The molecule has 19 heavy (non-hydrogen) atoms. The van der Waals surface area contributed by atoms with Crippen LogP contribution < -0.4 is 0 Å². The SMILES string of the molecule is CCO[Si](OCC)(OCC)C1(C(C)C)CCCCO1. The highest BCUT2D eigenvalue weighted by Gasteiger charge is 2.64. The molecule has 0 bridgehead atoms. The largest absolute Gasteiger partial charge is 0.535 e. The van der Waals surface area contributed by atoms with Crippen LogP contribution in [-0.2, 0) is 18.0 Å². The lowest BCUT2D eigenvalue weighted by molar-refractivity contribution is -0.116. The van der Waals surface area contributed by atoms with Gasteiger partial charge in [0.05, 0.1) is 0 Å². The lowest BCUT2D eigenvalue weighted by Gasteiger charge is -2.49. The third-order valence-electron chi connectivity index (χ3n) is 3.76. The summed E-state index contributed by atoms with van der Waals surface area (Å²) >= 11 is 0. The summed E-state index contributed by atoms with van der Waals surface area (Å²) in [4.78, 5) is 0. The first kappa shape index (κ1) is 17.1. The second-order valence-electron chi connectivity index (χ2n) is 5.20. The molecule has 1 unspecified atom stereocenters. The molecule has 0 aromatic heterocycles. The summed E-state index contributed by atoms with van der Waals surface area (Å²) in [6.45, 7) is 12.9. The number of ether oxygens (including phenoxy) is 1. The maximum Gasteiger partial charge on any atom is 0.535 e. The minimum Gasteiger partial charge on any atom is -0.372 e. The molecule has 0 aromatic carbocycles. The molecule has 1 atom stereocenters. The van der Waals surface area contributed by atoms with Crippen LogP contribution in [0.25, 0.3) is 0 Å². The Hall–Kier alpha value is 0.0569. The van der Waals surface area contributed by atoms with Crippen LogP contribution in [0.2, 0.25) is 0 Å². The van der Waals surface area contributed by atoms with E-state index in [0.29, 0.717) is 25.7 Å². The minimum absolute atomic E-state index is 0.323. The van der Waals surface area contributed by atoms with Crippen molar-refractivity contribution in [1.29, 1.82) is 0 Å². The number of hydrogen-bond donors (Lipinski definition) is 0. The third kappa shape index (κ3) is 3.39. The van der Waals surface area contributed by atoms with Crippen molar-refractivity contribution >= 4 is 8.80 Å². The molecule has 0 saturated carbocycles. The predicted molar refractivity (Wildman–Crippen MR) is 78.0 cm³/mol. The van der Waals surface area contributed by atoms with Crippen molar-refractivity contribution in [1.82, 2.24) is 0 Å². The van der Waals surface area contributed by atoms with Crippen LogP contribution in [0.1, 0.15) is 53.9 Å². The van der Waals surface area contributed by atoms with E-state index in [1.165, 1.54) is 0 Å². The van der Waals surface area contributed by atoms with Crippen LogP contribution >= 0.6 is 0 Å². The summed E-state index contributed by atoms with van der Waals surface area (Å²) in [7, 11) is -2.83. The van der Waals surface area contributed by atoms with Gasteiger partial charge in [-0.15, -0.1) is 0 Å². The van der Waals surface area contributed by atoms with Crippen molar-refractivity contribution in [3.05, 3.63) is 0 Å². The van der Waals surface area contributed by atoms with Gasteiger partial charge in [0.1, 0.15) is 5.22 Å². The van der Waals surface area contributed by atoms with Crippen LogP contribution in [-0.4, -0.2) is 40.5 Å². The average Bonchev–Trinajstić information content (AvgIpc) is 2.40. The molecular formula is C14H30O4Si. The van der Waals surface area contributed by atoms with Gasteiger partial charge in [0.15, 0.2) is 0 Å². The molecule has 1 aliphatic heterocycles. The van der Waals surface area contributed by atoms with Crippen molar-refractivity contribution in [3.8, 4) is 0 Å². The van der Waals surface area contributed by atoms with Crippen molar-refractivity contribution in [2.45, 2.75) is 59.1 Å². The molecule has 5 heteroatoms. The topological polar surface area (TPSA) is 36.9 Å². The molecule has 0 N–H and O–H groups in total. The van der Waals surface area contributed by atoms with Gasteiger partial charge < -0.3 is 18.0 Å². The maximum absolute atomic E-state index is 6.24. The van der Waals surface area contributed by atoms with E-state index < -0.39 is 8.80 Å². The molecule has 0 spiro atoms. The highest BCUT2D eigenvalue weighted by Crippen LogP contribution is 2.41. The number of hydrogen-bond acceptors (Lipinski definition) is 4. The Labute approximate surface area is 119 Å². The number of rotatable bonds is 8. The fourth-order valence-corrected chi connectivity index (χ4v) is 6.52. The van der Waals surface area contributed by atoms with Gasteiger partial charge >= 0.3 is 8.80 Å². The summed E-state index contributed by atoms with van der Waals surface area (Å²) in [5, 5.41) is -0.382. The molecule has 0 aromatic rings. The van der Waals surface area contributed by atoms with E-state index in [1.807, 2.05) is 20.8 Å². The molecule has 1 saturated heterocycles. The summed E-state index contributed by atoms with van der Waals surface area (Å²) in [5.41, 5.74) is 0. The fraction of sp³-hybridized carbons (Fsp3) is 1.00. The maximum atomic E-state index is 6.24. The lowest BCUT2D eigenvalue weighted by atomic mass is 9.98. The van der Waals surface area contributed by atoms with Gasteiger partial charge in [-0.3, -0.25) is 0 Å². The minimum atomic E-state index is -2.83. The van der Waals surface area contributed by atoms with E-state index in [4.69, 9.17) is 18.0 Å². The van der Waals surface area contributed by atoms with Crippen molar-refractivity contribution in [3.63, 3.8) is 0 Å². The Balaban J connectivity index is 3.13. The fourth-order valence-electron chi connectivity index (χ4n) is 2.93. The van der Waals surface area contributed by atoms with E-state index in [1.54, 1.807) is 0 Å². The monoisotopic (exact) mass is 290 g/mol. The predicted octanol–water partition coefficient (Wildman–Crippen LogP) is 3.17. The Morgan fingerprint density at radius 1 is 1.00 bits per heavy atom. The zero-order valence-electron chi connectivity index (χ0n) is 13.2. The molecule has 1 heterocycles. The highest BCUT2D eigenvalue weighted by molar-refractivity contribution is 6.64. The van der Waals surface area contributed by atoms with E-state index in [9.17, 15) is 0 Å². The van der Waals surface area contributed by atoms with Crippen LogP contribution in [0, 0.1) is 5.92 Å². The van der Waals surface area contributed by atoms with Crippen LogP contribution in [0.15, 0.2) is 0 Å². The smallest absolute Gasteiger partial charge is 0.372 e. The molecule has 0 aliphatic carbocycles. The normalized spacial score (nSPS) is 24.9. The van der Waals surface area contributed by atoms with E-state index >= 15 is 0 Å². The zero-order chi connectivity index (χ0) is 14.4. The second kappa shape index (κ2) is 7.74. The van der Waals surface area contributed by atoms with E-state index in [2.05, 4.69) is 13.8 Å². The summed E-state index contributed by atoms with van der Waals surface area (Å²) < 4.78 is 24.5. The van der Waals surface area contributed by atoms with Crippen LogP contribution in [0.5, 0.6) is 0 Å². The average molecular weight is 290 g/mol. The first-order chi connectivity index (χ1) is 9.08. The highest BCUT2D eigenvalue weighted by atomic mass is 28.4. The quantitative estimate of drug-likeness (QED) is 0.643. The van der Waals surface area contributed by atoms with Gasteiger partial charge in [-0.25, -0.2) is 0 Å². The molecule has 1 aliphatic rings. The summed E-state index contributed by atoms with van der Waals surface area (Å²) in [6.07, 6.45) is 3.24. The van der Waals surface area contributed by atoms with Gasteiger partial charge in [-0.2, -0.15) is 0 Å². The standard InChI is InChI=1S/C14H30O4Si/c1-6-16-19(17-7-2,18-8-3)14(13(4)5)11-9-10-12-15-14/h13H,6-12H2,1-5H3. The molecular weight excluding hydrogens is 260 g/mol. The van der Waals surface area contributed by atoms with Crippen molar-refractivity contribution in [2.24, 2.45) is 5.92 Å². The first-order valence-corrected chi connectivity index (χ1v) is 9.36. The Morgan fingerprint density at radius 3 is 1.84 bits per heavy atom. The molecule has 1 fully saturated rings. The van der Waals surface area contributed by atoms with E-state index in [0.717, 1.165) is 25.9 Å². The third-order valence-corrected chi connectivity index (χ3v) is 7.77. The van der Waals surface area contributed by atoms with Gasteiger partial charge in [0, 0.05) is 26.4 Å². The van der Waals surface area contributed by atoms with Crippen molar-refractivity contribution in [2.75, 3.05) is 26.4 Å². The van der Waals surface area contributed by atoms with Gasteiger partial charge in [0.2, 0.25) is 0 Å². The van der Waals surface area contributed by atoms with Gasteiger partial charge in [0.25, 0.3) is 0 Å². The van der Waals surface area contributed by atoms with E-state index in [-0.39, 0.29) is 5.22 Å². The Bertz CT molecular complexity index is 235. The van der Waals surface area contributed by atoms with Gasteiger partial charge in [-0.05, 0) is 46.0 Å². The van der Waals surface area contributed by atoms with Crippen LogP contribution in [0.4, 0.5) is 0 Å². The lowest BCUT2D eigenvalue weighted by Crippen LogP contribution is -2.69. The first-order valence-electron chi connectivity index (χ1n) is 7.64. The molecule has 0 radical (unpaired) electrons. The summed E-state index contributed by atoms with van der Waals surface area (Å²) in [6, 6.07) is 0. The van der Waals surface area contributed by atoms with Gasteiger partial charge in [-0.1, -0.05) is 13.8 Å². The second-order valence-corrected chi connectivity index (χ2v) is 8.03. The molecule has 4 nitrogen and oxygen atoms in total. The Morgan fingerprint density at radius 2 is 1.53 bits per heavy atom. The summed E-state index contributed by atoms with van der Waals surface area (Å²) in [5.74, 6) is 0.323. The molecule has 1 rings (SSSR count). The Kier molecular flexibility index (Phi) is 6.97. The molecule has 0 amide bonds. The van der Waals surface area contributed by atoms with Crippen LogP contribution in [0.3, 0.4) is 0 Å². The van der Waals surface area contributed by atoms with Crippen molar-refractivity contribution < 1.29 is 18.0 Å². The zero-order valence-corrected chi connectivity index (χ0v) is 14.2. The molecule has 114 valence electrons.